The first kappa shape index (κ1) is 7.50. The van der Waals surface area contributed by atoms with Gasteiger partial charge < -0.3 is 9.47 Å². The van der Waals surface area contributed by atoms with Gasteiger partial charge in [-0.2, -0.15) is 0 Å². The molecule has 1 heterocycles. The van der Waals surface area contributed by atoms with Gasteiger partial charge in [0.05, 0.1) is 6.61 Å². The zero-order valence-electron chi connectivity index (χ0n) is 5.00. The van der Waals surface area contributed by atoms with Crippen molar-refractivity contribution in [3.63, 3.8) is 0 Å². The number of hydrogen-bond acceptors (Lipinski definition) is 4. The van der Waals surface area contributed by atoms with Gasteiger partial charge in [-0.3, -0.25) is 4.79 Å². The van der Waals surface area contributed by atoms with Gasteiger partial charge in [-0.15, -0.1) is 0 Å². The summed E-state index contributed by atoms with van der Waals surface area (Å²) < 4.78 is 9.09. The number of hydrogen-bond donors (Lipinski definition) is 0. The number of rotatable bonds is 3. The Hall–Kier alpha value is -0.610. The van der Waals surface area contributed by atoms with Gasteiger partial charge in [-0.25, -0.2) is 4.79 Å². The molecule has 1 aliphatic heterocycles. The van der Waals surface area contributed by atoms with Crippen LogP contribution < -0.4 is 0 Å². The van der Waals surface area contributed by atoms with Crippen LogP contribution in [0.2, 0.25) is 0 Å². The highest BCUT2D eigenvalue weighted by atomic mass is 35.5. The number of esters is 1. The third-order valence-corrected chi connectivity index (χ3v) is 1.12. The number of ether oxygens (including phenoxy) is 2. The van der Waals surface area contributed by atoms with E-state index < -0.39 is 11.2 Å². The van der Waals surface area contributed by atoms with Gasteiger partial charge in [-0.05, 0) is 11.6 Å². The first-order valence-corrected chi connectivity index (χ1v) is 3.06. The summed E-state index contributed by atoms with van der Waals surface area (Å²) >= 11 is 4.78. The zero-order valence-corrected chi connectivity index (χ0v) is 5.76. The van der Waals surface area contributed by atoms with E-state index in [0.717, 1.165) is 0 Å². The minimum atomic E-state index is -1.10. The van der Waals surface area contributed by atoms with Crippen LogP contribution in [0, 0.1) is 0 Å². The standard InChI is InChI=1S/C5H5ClO4/c6-4(7)5(8)10-2-3-1-9-3/h3H,1-2H2. The van der Waals surface area contributed by atoms with Crippen LogP contribution in [0.4, 0.5) is 0 Å². The van der Waals surface area contributed by atoms with Crippen molar-refractivity contribution in [3.8, 4) is 0 Å². The molecule has 1 unspecified atom stereocenters. The highest BCUT2D eigenvalue weighted by molar-refractivity contribution is 6.80. The molecule has 0 aromatic rings. The molecule has 1 aliphatic rings. The third-order valence-electron chi connectivity index (χ3n) is 0.963. The molecule has 0 spiro atoms. The van der Waals surface area contributed by atoms with Crippen LogP contribution in [0.25, 0.3) is 0 Å². The van der Waals surface area contributed by atoms with Gasteiger partial charge in [0.2, 0.25) is 0 Å². The zero-order chi connectivity index (χ0) is 7.56. The summed E-state index contributed by atoms with van der Waals surface area (Å²) in [7, 11) is 0. The lowest BCUT2D eigenvalue weighted by atomic mass is 10.5. The summed E-state index contributed by atoms with van der Waals surface area (Å²) in [5, 5.41) is -1.10. The molecular weight excluding hydrogens is 160 g/mol. The van der Waals surface area contributed by atoms with Gasteiger partial charge in [0.15, 0.2) is 0 Å². The van der Waals surface area contributed by atoms with Crippen LogP contribution in [0.1, 0.15) is 0 Å². The van der Waals surface area contributed by atoms with E-state index >= 15 is 0 Å². The molecule has 0 aliphatic carbocycles. The number of carbonyl (C=O) groups is 2. The average molecular weight is 165 g/mol. The number of epoxide rings is 1. The topological polar surface area (TPSA) is 55.9 Å². The average Bonchev–Trinajstić information content (AvgIpc) is 2.64. The molecule has 0 N–H and O–H groups in total. The van der Waals surface area contributed by atoms with Gasteiger partial charge in [-0.1, -0.05) is 0 Å². The summed E-state index contributed by atoms with van der Waals surface area (Å²) in [6, 6.07) is 0. The summed E-state index contributed by atoms with van der Waals surface area (Å²) in [6.45, 7) is 0.709. The van der Waals surface area contributed by atoms with Gasteiger partial charge >= 0.3 is 11.2 Å². The third kappa shape index (κ3) is 2.33. The Kier molecular flexibility index (Phi) is 2.24. The lowest BCUT2D eigenvalue weighted by molar-refractivity contribution is -0.150. The SMILES string of the molecule is O=C(Cl)C(=O)OCC1CO1. The molecule has 0 bridgehead atoms. The molecule has 10 heavy (non-hydrogen) atoms. The molecule has 1 rings (SSSR count). The molecule has 0 saturated carbocycles. The molecule has 0 aromatic carbocycles. The fourth-order valence-electron chi connectivity index (χ4n) is 0.390. The fraction of sp³-hybridized carbons (Fsp3) is 0.600. The molecule has 56 valence electrons. The van der Waals surface area contributed by atoms with E-state index in [0.29, 0.717) is 6.61 Å². The van der Waals surface area contributed by atoms with E-state index in [9.17, 15) is 9.59 Å². The van der Waals surface area contributed by atoms with Crippen molar-refractivity contribution in [2.24, 2.45) is 0 Å². The molecular formula is C5H5ClO4. The minimum Gasteiger partial charge on any atom is -0.456 e. The van der Waals surface area contributed by atoms with Crippen molar-refractivity contribution in [2.75, 3.05) is 13.2 Å². The monoisotopic (exact) mass is 164 g/mol. The van der Waals surface area contributed by atoms with Crippen molar-refractivity contribution in [2.45, 2.75) is 6.10 Å². The summed E-state index contributed by atoms with van der Waals surface area (Å²) in [6.07, 6.45) is -0.0278. The van der Waals surface area contributed by atoms with Crippen molar-refractivity contribution >= 4 is 22.8 Å². The smallest absolute Gasteiger partial charge is 0.391 e. The summed E-state index contributed by atoms with van der Waals surface area (Å²) in [4.78, 5) is 20.3. The Bertz CT molecular complexity index is 163. The van der Waals surface area contributed by atoms with Crippen LogP contribution in [-0.4, -0.2) is 30.5 Å². The van der Waals surface area contributed by atoms with E-state index in [-0.39, 0.29) is 12.7 Å². The van der Waals surface area contributed by atoms with Gasteiger partial charge in [0, 0.05) is 0 Å². The highest BCUT2D eigenvalue weighted by Crippen LogP contribution is 2.08. The normalized spacial score (nSPS) is 21.9. The maximum absolute atomic E-state index is 10.3. The first-order valence-electron chi connectivity index (χ1n) is 2.68. The van der Waals surface area contributed by atoms with E-state index in [4.69, 9.17) is 16.3 Å². The Morgan fingerprint density at radius 1 is 1.70 bits per heavy atom. The maximum Gasteiger partial charge on any atom is 0.391 e. The van der Waals surface area contributed by atoms with E-state index in [1.165, 1.54) is 0 Å². The Labute approximate surface area is 62.0 Å². The van der Waals surface area contributed by atoms with Crippen molar-refractivity contribution in [1.29, 1.82) is 0 Å². The lowest BCUT2D eigenvalue weighted by Crippen LogP contribution is -2.14. The Balaban J connectivity index is 2.11. The number of carbonyl (C=O) groups excluding carboxylic acids is 2. The van der Waals surface area contributed by atoms with E-state index in [2.05, 4.69) is 4.74 Å². The molecule has 1 saturated heterocycles. The lowest BCUT2D eigenvalue weighted by Gasteiger charge is -1.95. The molecule has 0 radical (unpaired) electrons. The molecule has 1 fully saturated rings. The molecule has 0 aromatic heterocycles. The summed E-state index contributed by atoms with van der Waals surface area (Å²) in [5.41, 5.74) is 0. The Morgan fingerprint density at radius 3 is 2.70 bits per heavy atom. The minimum absolute atomic E-state index is 0.0278. The molecule has 1 atom stereocenters. The predicted octanol–water partition coefficient (Wildman–Crippen LogP) is -0.306. The fourth-order valence-corrected chi connectivity index (χ4v) is 0.444. The maximum atomic E-state index is 10.3. The second kappa shape index (κ2) is 2.98. The molecule has 0 amide bonds. The van der Waals surface area contributed by atoms with Crippen molar-refractivity contribution in [3.05, 3.63) is 0 Å². The first-order chi connectivity index (χ1) is 4.70. The van der Waals surface area contributed by atoms with Crippen LogP contribution >= 0.6 is 11.6 Å². The van der Waals surface area contributed by atoms with Crippen LogP contribution in [0.3, 0.4) is 0 Å². The molecule has 5 heteroatoms. The Morgan fingerprint density at radius 2 is 2.30 bits per heavy atom. The van der Waals surface area contributed by atoms with Crippen LogP contribution in [-0.2, 0) is 19.1 Å². The van der Waals surface area contributed by atoms with Gasteiger partial charge in [0.1, 0.15) is 12.7 Å². The van der Waals surface area contributed by atoms with Gasteiger partial charge in [0.25, 0.3) is 0 Å². The summed E-state index contributed by atoms with van der Waals surface area (Å²) in [5.74, 6) is -1.02. The highest BCUT2D eigenvalue weighted by Gasteiger charge is 2.25. The van der Waals surface area contributed by atoms with Crippen molar-refractivity contribution in [1.82, 2.24) is 0 Å². The van der Waals surface area contributed by atoms with Crippen LogP contribution in [0.5, 0.6) is 0 Å². The molecule has 4 nitrogen and oxygen atoms in total. The van der Waals surface area contributed by atoms with Crippen molar-refractivity contribution < 1.29 is 19.1 Å². The van der Waals surface area contributed by atoms with E-state index in [1.54, 1.807) is 0 Å². The van der Waals surface area contributed by atoms with E-state index in [1.807, 2.05) is 0 Å². The van der Waals surface area contributed by atoms with Crippen LogP contribution in [0.15, 0.2) is 0 Å². The second-order valence-corrected chi connectivity index (χ2v) is 2.17. The number of halogens is 1. The second-order valence-electron chi connectivity index (χ2n) is 1.83. The quantitative estimate of drug-likeness (QED) is 0.249. The largest absolute Gasteiger partial charge is 0.456 e. The predicted molar refractivity (Wildman–Crippen MR) is 31.6 cm³/mol.